The van der Waals surface area contributed by atoms with Crippen LogP contribution in [0.3, 0.4) is 0 Å². The number of benzene rings is 1. The smallest absolute Gasteiger partial charge is 0.258 e. The number of nitrogens with zero attached hydrogens (tertiary/aromatic N) is 4. The molecule has 6 nitrogen and oxygen atoms in total. The topological polar surface area (TPSA) is 71.1 Å². The van der Waals surface area contributed by atoms with Gasteiger partial charge in [-0.15, -0.1) is 0 Å². The number of rotatable bonds is 2. The lowest BCUT2D eigenvalue weighted by atomic mass is 9.96. The Hall–Kier alpha value is -2.24. The molecule has 2 bridgehead atoms. The Morgan fingerprint density at radius 1 is 1.21 bits per heavy atom. The minimum absolute atomic E-state index is 0.101. The van der Waals surface area contributed by atoms with E-state index in [1.165, 1.54) is 12.1 Å². The quantitative estimate of drug-likeness (QED) is 0.464. The lowest BCUT2D eigenvalue weighted by molar-refractivity contribution is -0.384. The van der Waals surface area contributed by atoms with Crippen molar-refractivity contribution in [3.8, 4) is 0 Å². The third kappa shape index (κ3) is 1.43. The second-order valence-corrected chi connectivity index (χ2v) is 5.25. The number of nitro groups is 1. The van der Waals surface area contributed by atoms with E-state index in [1.54, 1.807) is 12.1 Å². The average molecular weight is 256 g/mol. The zero-order valence-corrected chi connectivity index (χ0v) is 10.1. The summed E-state index contributed by atoms with van der Waals surface area (Å²) in [6.07, 6.45) is 5.64. The van der Waals surface area contributed by atoms with E-state index in [0.717, 1.165) is 12.1 Å². The van der Waals surface area contributed by atoms with Crippen LogP contribution in [-0.4, -0.2) is 17.0 Å². The Morgan fingerprint density at radius 3 is 2.68 bits per heavy atom. The highest BCUT2D eigenvalue weighted by molar-refractivity contribution is 5.53. The van der Waals surface area contributed by atoms with Gasteiger partial charge in [0.05, 0.1) is 16.7 Å². The largest absolute Gasteiger partial charge is 0.269 e. The molecule has 1 heterocycles. The molecule has 1 aliphatic heterocycles. The second kappa shape index (κ2) is 3.63. The highest BCUT2D eigenvalue weighted by Gasteiger charge is 2.51. The van der Waals surface area contributed by atoms with Crippen LogP contribution in [0.15, 0.2) is 46.8 Å². The first-order valence-corrected chi connectivity index (χ1v) is 6.37. The minimum atomic E-state index is -0.391. The molecule has 1 fully saturated rings. The molecule has 4 atom stereocenters. The zero-order valence-electron chi connectivity index (χ0n) is 10.1. The Morgan fingerprint density at radius 2 is 1.95 bits per heavy atom. The van der Waals surface area contributed by atoms with Gasteiger partial charge < -0.3 is 0 Å². The lowest BCUT2D eigenvalue weighted by Gasteiger charge is -2.26. The van der Waals surface area contributed by atoms with E-state index in [-0.39, 0.29) is 17.8 Å². The summed E-state index contributed by atoms with van der Waals surface area (Å²) in [5, 5.41) is 21.2. The average Bonchev–Trinajstić information content (AvgIpc) is 3.11. The minimum Gasteiger partial charge on any atom is -0.258 e. The van der Waals surface area contributed by atoms with Crippen LogP contribution in [0.5, 0.6) is 0 Å². The van der Waals surface area contributed by atoms with Crippen molar-refractivity contribution in [1.82, 2.24) is 0 Å². The van der Waals surface area contributed by atoms with E-state index in [9.17, 15) is 10.1 Å². The summed E-state index contributed by atoms with van der Waals surface area (Å²) >= 11 is 0. The summed E-state index contributed by atoms with van der Waals surface area (Å²) in [6, 6.07) is 7.06. The molecule has 0 radical (unpaired) electrons. The summed E-state index contributed by atoms with van der Waals surface area (Å²) in [7, 11) is 0. The standard InChI is InChI=1S/C13H12N4O2/c18-17(19)11-5-3-10(4-6-11)16-13-9-2-1-8(7-9)12(13)14-15-16/h1-6,8-9,12-13H,7H2. The van der Waals surface area contributed by atoms with Crippen LogP contribution in [0, 0.1) is 22.0 Å². The summed E-state index contributed by atoms with van der Waals surface area (Å²) < 4.78 is 0. The van der Waals surface area contributed by atoms with Gasteiger partial charge in [0.1, 0.15) is 6.04 Å². The van der Waals surface area contributed by atoms with Gasteiger partial charge in [0.2, 0.25) is 0 Å². The molecule has 0 spiro atoms. The number of non-ortho nitro benzene ring substituents is 1. The van der Waals surface area contributed by atoms with Crippen LogP contribution in [0.1, 0.15) is 6.42 Å². The van der Waals surface area contributed by atoms with Gasteiger partial charge in [-0.25, -0.2) is 5.01 Å². The first kappa shape index (κ1) is 10.7. The summed E-state index contributed by atoms with van der Waals surface area (Å²) in [5.74, 6) is 1.02. The van der Waals surface area contributed by atoms with Gasteiger partial charge in [0, 0.05) is 24.0 Å². The van der Waals surface area contributed by atoms with Crippen molar-refractivity contribution in [3.05, 3.63) is 46.5 Å². The highest BCUT2D eigenvalue weighted by atomic mass is 16.6. The first-order valence-electron chi connectivity index (χ1n) is 6.37. The van der Waals surface area contributed by atoms with Crippen molar-refractivity contribution in [1.29, 1.82) is 0 Å². The van der Waals surface area contributed by atoms with Crippen LogP contribution in [0.4, 0.5) is 11.4 Å². The summed E-state index contributed by atoms with van der Waals surface area (Å²) in [5.41, 5.74) is 0.979. The third-order valence-electron chi connectivity index (χ3n) is 4.27. The summed E-state index contributed by atoms with van der Waals surface area (Å²) in [6.45, 7) is 0. The van der Waals surface area contributed by atoms with Gasteiger partial charge in [-0.1, -0.05) is 17.4 Å². The number of fused-ring (bicyclic) bond motifs is 5. The molecule has 6 heteroatoms. The molecule has 4 unspecified atom stereocenters. The molecule has 1 aromatic rings. The normalized spacial score (nSPS) is 34.0. The Balaban J connectivity index is 1.65. The van der Waals surface area contributed by atoms with Gasteiger partial charge >= 0.3 is 0 Å². The van der Waals surface area contributed by atoms with Crippen molar-refractivity contribution < 1.29 is 4.92 Å². The highest BCUT2D eigenvalue weighted by Crippen LogP contribution is 2.47. The van der Waals surface area contributed by atoms with Crippen molar-refractivity contribution in [3.63, 3.8) is 0 Å². The Bertz CT molecular complexity index is 595. The molecule has 1 saturated carbocycles. The van der Waals surface area contributed by atoms with Crippen molar-refractivity contribution in [2.75, 3.05) is 5.01 Å². The maximum Gasteiger partial charge on any atom is 0.269 e. The fraction of sp³-hybridized carbons (Fsp3) is 0.385. The summed E-state index contributed by atoms with van der Waals surface area (Å²) in [4.78, 5) is 10.3. The predicted molar refractivity (Wildman–Crippen MR) is 68.7 cm³/mol. The zero-order chi connectivity index (χ0) is 13.0. The monoisotopic (exact) mass is 256 g/mol. The molecule has 0 aromatic heterocycles. The van der Waals surface area contributed by atoms with E-state index < -0.39 is 4.92 Å². The van der Waals surface area contributed by atoms with Gasteiger partial charge in [-0.05, 0) is 18.6 Å². The van der Waals surface area contributed by atoms with Crippen LogP contribution >= 0.6 is 0 Å². The number of hydrogen-bond donors (Lipinski definition) is 0. The molecular formula is C13H12N4O2. The van der Waals surface area contributed by atoms with Gasteiger partial charge in [-0.3, -0.25) is 10.1 Å². The van der Waals surface area contributed by atoms with Crippen LogP contribution in [0.25, 0.3) is 0 Å². The van der Waals surface area contributed by atoms with Crippen LogP contribution in [-0.2, 0) is 0 Å². The fourth-order valence-corrected chi connectivity index (χ4v) is 3.38. The van der Waals surface area contributed by atoms with E-state index in [1.807, 2.05) is 5.01 Å². The third-order valence-corrected chi connectivity index (χ3v) is 4.27. The lowest BCUT2D eigenvalue weighted by Crippen LogP contribution is -2.37. The van der Waals surface area contributed by atoms with Crippen molar-refractivity contribution in [2.24, 2.45) is 22.2 Å². The molecule has 0 saturated heterocycles. The molecule has 0 amide bonds. The van der Waals surface area contributed by atoms with E-state index in [2.05, 4.69) is 22.5 Å². The molecule has 2 aliphatic carbocycles. The number of nitro benzene ring substituents is 1. The SMILES string of the molecule is O=[N+]([O-])c1ccc(N2N=NC3C4C=CC(C4)C32)cc1. The molecule has 19 heavy (non-hydrogen) atoms. The van der Waals surface area contributed by atoms with E-state index in [4.69, 9.17) is 0 Å². The Kier molecular flexibility index (Phi) is 2.04. The van der Waals surface area contributed by atoms with Crippen molar-refractivity contribution >= 4 is 11.4 Å². The van der Waals surface area contributed by atoms with E-state index >= 15 is 0 Å². The fourth-order valence-electron chi connectivity index (χ4n) is 3.38. The maximum atomic E-state index is 10.7. The Labute approximate surface area is 109 Å². The van der Waals surface area contributed by atoms with Gasteiger partial charge in [-0.2, -0.15) is 5.11 Å². The molecule has 3 aliphatic rings. The van der Waals surface area contributed by atoms with E-state index in [0.29, 0.717) is 11.8 Å². The van der Waals surface area contributed by atoms with Gasteiger partial charge in [0.15, 0.2) is 0 Å². The molecule has 4 rings (SSSR count). The maximum absolute atomic E-state index is 10.7. The number of anilines is 1. The first-order chi connectivity index (χ1) is 9.24. The second-order valence-electron chi connectivity index (χ2n) is 5.25. The molecule has 1 aromatic carbocycles. The van der Waals surface area contributed by atoms with Gasteiger partial charge in [0.25, 0.3) is 5.69 Å². The van der Waals surface area contributed by atoms with Crippen LogP contribution < -0.4 is 5.01 Å². The molecule has 0 N–H and O–H groups in total. The number of hydrogen-bond acceptors (Lipinski definition) is 5. The molecule has 96 valence electrons. The predicted octanol–water partition coefficient (Wildman–Crippen LogP) is 2.73. The molecular weight excluding hydrogens is 244 g/mol. The van der Waals surface area contributed by atoms with Crippen LogP contribution in [0.2, 0.25) is 0 Å². The van der Waals surface area contributed by atoms with Crippen molar-refractivity contribution in [2.45, 2.75) is 18.5 Å².